The topological polar surface area (TPSA) is 26.3 Å². The van der Waals surface area contributed by atoms with E-state index in [1.54, 1.807) is 0 Å². The summed E-state index contributed by atoms with van der Waals surface area (Å²) in [5.74, 6) is 4.84. The highest BCUT2D eigenvalue weighted by Gasteiger charge is 2.28. The second-order valence-electron chi connectivity index (χ2n) is 9.72. The molecule has 2 rings (SSSR count). The molecule has 2 fully saturated rings. The Morgan fingerprint density at radius 2 is 1.69 bits per heavy atom. The van der Waals surface area contributed by atoms with Crippen LogP contribution in [0.15, 0.2) is 0 Å². The number of carbonyl (C=O) groups excluding carboxylic acids is 1. The standard InChI is InChI=1S/C24H44O2/c1-5-18(3)15-19(4)16-22-10-9-21(17-22)8-7-20(6-2)11-12-23-13-14-26-24(23)25/h18-23H,5-17H2,1-4H3/t18-,19+,20?,21?,22?,23?/m0/s1. The van der Waals surface area contributed by atoms with Crippen molar-refractivity contribution in [2.75, 3.05) is 6.61 Å². The first-order valence-electron chi connectivity index (χ1n) is 11.7. The molecule has 1 aliphatic heterocycles. The van der Waals surface area contributed by atoms with Crippen LogP contribution in [0.4, 0.5) is 0 Å². The smallest absolute Gasteiger partial charge is 0.309 e. The summed E-state index contributed by atoms with van der Waals surface area (Å²) in [6.45, 7) is 10.2. The maximum Gasteiger partial charge on any atom is 0.309 e. The summed E-state index contributed by atoms with van der Waals surface area (Å²) in [7, 11) is 0. The van der Waals surface area contributed by atoms with E-state index in [2.05, 4.69) is 27.7 Å². The molecule has 0 amide bonds. The van der Waals surface area contributed by atoms with Crippen LogP contribution < -0.4 is 0 Å². The van der Waals surface area contributed by atoms with Gasteiger partial charge in [-0.1, -0.05) is 66.2 Å². The summed E-state index contributed by atoms with van der Waals surface area (Å²) in [6, 6.07) is 0. The average Bonchev–Trinajstić information content (AvgIpc) is 3.23. The van der Waals surface area contributed by atoms with E-state index in [1.165, 1.54) is 64.2 Å². The number of hydrogen-bond acceptors (Lipinski definition) is 2. The number of esters is 1. The summed E-state index contributed by atoms with van der Waals surface area (Å²) in [5, 5.41) is 0. The van der Waals surface area contributed by atoms with E-state index in [1.807, 2.05) is 0 Å². The van der Waals surface area contributed by atoms with Gasteiger partial charge in [-0.05, 0) is 68.1 Å². The monoisotopic (exact) mass is 364 g/mol. The normalized spacial score (nSPS) is 29.5. The van der Waals surface area contributed by atoms with Gasteiger partial charge < -0.3 is 4.74 Å². The molecule has 6 atom stereocenters. The van der Waals surface area contributed by atoms with Gasteiger partial charge in [0.25, 0.3) is 0 Å². The predicted octanol–water partition coefficient (Wildman–Crippen LogP) is 7.01. The Balaban J connectivity index is 1.61. The first-order chi connectivity index (χ1) is 12.5. The van der Waals surface area contributed by atoms with Crippen LogP contribution in [-0.2, 0) is 9.53 Å². The van der Waals surface area contributed by atoms with Gasteiger partial charge in [-0.3, -0.25) is 4.79 Å². The van der Waals surface area contributed by atoms with Crippen LogP contribution in [0, 0.1) is 35.5 Å². The van der Waals surface area contributed by atoms with Gasteiger partial charge in [-0.15, -0.1) is 0 Å². The SMILES string of the molecule is CCC(CCC1CCC(C[C@H](C)C[C@@H](C)CC)C1)CCC1CCOC1=O. The molecule has 152 valence electrons. The zero-order valence-corrected chi connectivity index (χ0v) is 18.0. The van der Waals surface area contributed by atoms with Crippen molar-refractivity contribution in [2.45, 2.75) is 105 Å². The lowest BCUT2D eigenvalue weighted by Crippen LogP contribution is -2.11. The molecule has 0 aromatic carbocycles. The third-order valence-corrected chi connectivity index (χ3v) is 7.42. The van der Waals surface area contributed by atoms with Gasteiger partial charge in [-0.25, -0.2) is 0 Å². The summed E-state index contributed by atoms with van der Waals surface area (Å²) in [5.41, 5.74) is 0. The van der Waals surface area contributed by atoms with Crippen molar-refractivity contribution in [3.63, 3.8) is 0 Å². The highest BCUT2D eigenvalue weighted by molar-refractivity contribution is 5.73. The fraction of sp³-hybridized carbons (Fsp3) is 0.958. The predicted molar refractivity (Wildman–Crippen MR) is 110 cm³/mol. The first-order valence-corrected chi connectivity index (χ1v) is 11.7. The van der Waals surface area contributed by atoms with E-state index < -0.39 is 0 Å². The lowest BCUT2D eigenvalue weighted by Gasteiger charge is -2.20. The molecule has 0 spiro atoms. The Labute approximate surface area is 162 Å². The van der Waals surface area contributed by atoms with Gasteiger partial charge in [0.15, 0.2) is 0 Å². The summed E-state index contributed by atoms with van der Waals surface area (Å²) in [4.78, 5) is 11.6. The Bertz CT molecular complexity index is 405. The highest BCUT2D eigenvalue weighted by Crippen LogP contribution is 2.39. The van der Waals surface area contributed by atoms with Gasteiger partial charge in [0.1, 0.15) is 0 Å². The lowest BCUT2D eigenvalue weighted by atomic mass is 9.85. The zero-order valence-electron chi connectivity index (χ0n) is 18.0. The molecule has 1 aliphatic carbocycles. The molecule has 1 saturated heterocycles. The minimum Gasteiger partial charge on any atom is -0.465 e. The fourth-order valence-corrected chi connectivity index (χ4v) is 5.43. The third kappa shape index (κ3) is 7.24. The van der Waals surface area contributed by atoms with Crippen molar-refractivity contribution in [1.82, 2.24) is 0 Å². The summed E-state index contributed by atoms with van der Waals surface area (Å²) >= 11 is 0. The van der Waals surface area contributed by atoms with Gasteiger partial charge in [0.05, 0.1) is 12.5 Å². The molecule has 0 bridgehead atoms. The molecule has 2 aliphatic rings. The van der Waals surface area contributed by atoms with Crippen LogP contribution in [0.3, 0.4) is 0 Å². The fourth-order valence-electron chi connectivity index (χ4n) is 5.43. The third-order valence-electron chi connectivity index (χ3n) is 7.42. The number of ether oxygens (including phenoxy) is 1. The Kier molecular flexibility index (Phi) is 9.50. The molecule has 26 heavy (non-hydrogen) atoms. The molecule has 0 radical (unpaired) electrons. The van der Waals surface area contributed by atoms with Crippen molar-refractivity contribution in [3.8, 4) is 0 Å². The van der Waals surface area contributed by atoms with Crippen LogP contribution >= 0.6 is 0 Å². The van der Waals surface area contributed by atoms with Gasteiger partial charge >= 0.3 is 5.97 Å². The minimum absolute atomic E-state index is 0.0602. The van der Waals surface area contributed by atoms with Crippen LogP contribution in [0.5, 0.6) is 0 Å². The van der Waals surface area contributed by atoms with Crippen molar-refractivity contribution in [3.05, 3.63) is 0 Å². The molecule has 4 unspecified atom stereocenters. The molecule has 1 heterocycles. The van der Waals surface area contributed by atoms with Crippen molar-refractivity contribution >= 4 is 5.97 Å². The Hall–Kier alpha value is -0.530. The summed E-state index contributed by atoms with van der Waals surface area (Å²) in [6.07, 6.45) is 15.9. The number of rotatable bonds is 12. The van der Waals surface area contributed by atoms with Gasteiger partial charge in [0, 0.05) is 0 Å². The number of hydrogen-bond donors (Lipinski definition) is 0. The van der Waals surface area contributed by atoms with E-state index in [9.17, 15) is 4.79 Å². The second kappa shape index (κ2) is 11.3. The minimum atomic E-state index is 0.0602. The molecule has 2 nitrogen and oxygen atoms in total. The van der Waals surface area contributed by atoms with E-state index >= 15 is 0 Å². The largest absolute Gasteiger partial charge is 0.465 e. The van der Waals surface area contributed by atoms with Gasteiger partial charge in [0.2, 0.25) is 0 Å². The first kappa shape index (κ1) is 21.8. The Morgan fingerprint density at radius 3 is 2.35 bits per heavy atom. The maximum absolute atomic E-state index is 11.6. The van der Waals surface area contributed by atoms with Crippen LogP contribution in [0.2, 0.25) is 0 Å². The Morgan fingerprint density at radius 1 is 0.962 bits per heavy atom. The van der Waals surface area contributed by atoms with E-state index in [0.717, 1.165) is 42.4 Å². The molecule has 0 aromatic heterocycles. The summed E-state index contributed by atoms with van der Waals surface area (Å²) < 4.78 is 5.11. The molecular formula is C24H44O2. The lowest BCUT2D eigenvalue weighted by molar-refractivity contribution is -0.141. The second-order valence-corrected chi connectivity index (χ2v) is 9.72. The van der Waals surface area contributed by atoms with Crippen LogP contribution in [0.1, 0.15) is 105 Å². The zero-order chi connectivity index (χ0) is 18.9. The van der Waals surface area contributed by atoms with Crippen molar-refractivity contribution in [2.24, 2.45) is 35.5 Å². The van der Waals surface area contributed by atoms with Crippen LogP contribution in [0.25, 0.3) is 0 Å². The number of carbonyl (C=O) groups is 1. The maximum atomic E-state index is 11.6. The van der Waals surface area contributed by atoms with E-state index in [4.69, 9.17) is 4.74 Å². The van der Waals surface area contributed by atoms with E-state index in [0.29, 0.717) is 6.61 Å². The molecule has 1 saturated carbocycles. The number of cyclic esters (lactones) is 1. The van der Waals surface area contributed by atoms with Crippen molar-refractivity contribution < 1.29 is 9.53 Å². The van der Waals surface area contributed by atoms with Crippen LogP contribution in [-0.4, -0.2) is 12.6 Å². The average molecular weight is 365 g/mol. The van der Waals surface area contributed by atoms with E-state index in [-0.39, 0.29) is 11.9 Å². The molecular weight excluding hydrogens is 320 g/mol. The molecule has 0 aromatic rings. The highest BCUT2D eigenvalue weighted by atomic mass is 16.5. The molecule has 2 heteroatoms. The van der Waals surface area contributed by atoms with Crippen molar-refractivity contribution in [1.29, 1.82) is 0 Å². The quantitative estimate of drug-likeness (QED) is 0.348. The molecule has 0 N–H and O–H groups in total. The van der Waals surface area contributed by atoms with Gasteiger partial charge in [-0.2, -0.15) is 0 Å².